The molecule has 8 nitrogen and oxygen atoms in total. The Labute approximate surface area is 223 Å². The summed E-state index contributed by atoms with van der Waals surface area (Å²) in [6, 6.07) is 11.0. The van der Waals surface area contributed by atoms with E-state index in [2.05, 4.69) is 15.6 Å². The summed E-state index contributed by atoms with van der Waals surface area (Å²) in [5, 5.41) is 7.33. The molecule has 12 heteroatoms. The molecule has 0 unspecified atom stereocenters. The number of halogens is 3. The molecule has 3 amide bonds. The highest BCUT2D eigenvalue weighted by Crippen LogP contribution is 2.37. The van der Waals surface area contributed by atoms with E-state index in [1.165, 1.54) is 12.1 Å². The molecule has 0 radical (unpaired) electrons. The van der Waals surface area contributed by atoms with Gasteiger partial charge in [-0.3, -0.25) is 0 Å². The zero-order valence-corrected chi connectivity index (χ0v) is 22.5. The Morgan fingerprint density at radius 3 is 2.42 bits per heavy atom. The van der Waals surface area contributed by atoms with Crippen molar-refractivity contribution in [2.45, 2.75) is 32.5 Å². The molecule has 0 saturated heterocycles. The molecule has 0 aliphatic heterocycles. The zero-order valence-electron chi connectivity index (χ0n) is 21.7. The number of benzene rings is 2. The van der Waals surface area contributed by atoms with Gasteiger partial charge in [0.1, 0.15) is 5.60 Å². The number of thiazole rings is 1. The van der Waals surface area contributed by atoms with Crippen LogP contribution in [0.5, 0.6) is 0 Å². The third-order valence-electron chi connectivity index (χ3n) is 4.95. The van der Waals surface area contributed by atoms with Gasteiger partial charge in [-0.15, -0.1) is 11.3 Å². The molecule has 38 heavy (non-hydrogen) atoms. The van der Waals surface area contributed by atoms with Crippen molar-refractivity contribution in [2.75, 3.05) is 37.4 Å². The lowest BCUT2D eigenvalue weighted by molar-refractivity contribution is -0.137. The van der Waals surface area contributed by atoms with Crippen LogP contribution in [0.15, 0.2) is 53.9 Å². The minimum Gasteiger partial charge on any atom is -0.443 e. The van der Waals surface area contributed by atoms with Crippen LogP contribution in [0.4, 0.5) is 39.3 Å². The number of hydrogen-bond acceptors (Lipinski definition) is 6. The van der Waals surface area contributed by atoms with Crippen LogP contribution in [0, 0.1) is 0 Å². The van der Waals surface area contributed by atoms with Crippen LogP contribution in [0.1, 0.15) is 26.3 Å². The minimum atomic E-state index is -4.59. The summed E-state index contributed by atoms with van der Waals surface area (Å²) in [4.78, 5) is 32.8. The average molecular weight is 550 g/mol. The number of amides is 3. The Hall–Kier alpha value is -3.64. The average Bonchev–Trinajstić information content (AvgIpc) is 3.27. The largest absolute Gasteiger partial charge is 0.443 e. The highest BCUT2D eigenvalue weighted by molar-refractivity contribution is 7.14. The van der Waals surface area contributed by atoms with Crippen molar-refractivity contribution in [3.63, 3.8) is 0 Å². The molecule has 2 N–H and O–H groups in total. The lowest BCUT2D eigenvalue weighted by Gasteiger charge is -2.26. The van der Waals surface area contributed by atoms with E-state index in [-0.39, 0.29) is 16.9 Å². The van der Waals surface area contributed by atoms with Crippen molar-refractivity contribution in [2.24, 2.45) is 0 Å². The minimum absolute atomic E-state index is 0.0280. The van der Waals surface area contributed by atoms with Gasteiger partial charge in [-0.25, -0.2) is 19.5 Å². The summed E-state index contributed by atoms with van der Waals surface area (Å²) in [6.07, 6.45) is -5.45. The topological polar surface area (TPSA) is 86.8 Å². The molecule has 0 atom stereocenters. The summed E-state index contributed by atoms with van der Waals surface area (Å²) < 4.78 is 45.6. The lowest BCUT2D eigenvalue weighted by atomic mass is 10.1. The Kier molecular flexibility index (Phi) is 9.00. The van der Waals surface area contributed by atoms with Crippen LogP contribution in [0.3, 0.4) is 0 Å². The third kappa shape index (κ3) is 8.18. The molecule has 2 aromatic carbocycles. The van der Waals surface area contributed by atoms with Crippen molar-refractivity contribution in [1.29, 1.82) is 0 Å². The molecule has 0 aliphatic rings. The molecule has 204 valence electrons. The Morgan fingerprint density at radius 2 is 1.76 bits per heavy atom. The first-order chi connectivity index (χ1) is 17.7. The predicted octanol–water partition coefficient (Wildman–Crippen LogP) is 6.59. The quantitative estimate of drug-likeness (QED) is 0.348. The lowest BCUT2D eigenvalue weighted by Crippen LogP contribution is -2.34. The first kappa shape index (κ1) is 28.9. The van der Waals surface area contributed by atoms with Crippen LogP contribution in [0.2, 0.25) is 0 Å². The first-order valence-corrected chi connectivity index (χ1v) is 12.6. The van der Waals surface area contributed by atoms with Gasteiger partial charge in [0.2, 0.25) is 0 Å². The van der Waals surface area contributed by atoms with Crippen molar-refractivity contribution < 1.29 is 27.5 Å². The number of ether oxygens (including phenoxy) is 1. The van der Waals surface area contributed by atoms with Crippen molar-refractivity contribution in [3.05, 3.63) is 59.5 Å². The Bertz CT molecular complexity index is 1270. The fraction of sp³-hybridized carbons (Fsp3) is 0.346. The van der Waals surface area contributed by atoms with Crippen LogP contribution < -0.4 is 15.5 Å². The van der Waals surface area contributed by atoms with Gasteiger partial charge in [0.05, 0.1) is 16.9 Å². The predicted molar refractivity (Wildman–Crippen MR) is 143 cm³/mol. The summed E-state index contributed by atoms with van der Waals surface area (Å²) in [6.45, 7) is 6.16. The maximum atomic E-state index is 13.4. The molecule has 0 saturated carbocycles. The van der Waals surface area contributed by atoms with Gasteiger partial charge in [-0.2, -0.15) is 13.2 Å². The number of likely N-dealkylation sites (N-methyl/N-ethyl adjacent to an activating group) is 1. The number of urea groups is 1. The van der Waals surface area contributed by atoms with Gasteiger partial charge in [0.15, 0.2) is 5.13 Å². The van der Waals surface area contributed by atoms with Gasteiger partial charge >= 0.3 is 18.3 Å². The zero-order chi connectivity index (χ0) is 28.1. The van der Waals surface area contributed by atoms with E-state index in [4.69, 9.17) is 4.74 Å². The summed E-state index contributed by atoms with van der Waals surface area (Å²) in [7, 11) is 3.81. The standard InChI is InChI=1S/C26H30F3N5O3S/c1-25(2,3)37-24(36)34(20-11-7-9-18(15-20)26(27,28)29)23-32-21(16-38-23)17-8-6-10-19(14-17)31-22(35)30-12-13-33(4)5/h6-11,14-16H,12-13H2,1-5H3,(H2,30,31,35). The summed E-state index contributed by atoms with van der Waals surface area (Å²) in [5.74, 6) is 0. The number of alkyl halides is 3. The molecule has 1 aromatic heterocycles. The van der Waals surface area contributed by atoms with Gasteiger partial charge < -0.3 is 20.3 Å². The third-order valence-corrected chi connectivity index (χ3v) is 5.78. The molecule has 3 rings (SSSR count). The number of nitrogens with zero attached hydrogens (tertiary/aromatic N) is 3. The second-order valence-corrected chi connectivity index (χ2v) is 10.5. The maximum absolute atomic E-state index is 13.4. The highest BCUT2D eigenvalue weighted by atomic mass is 32.1. The van der Waals surface area contributed by atoms with Crippen molar-refractivity contribution in [1.82, 2.24) is 15.2 Å². The second kappa shape index (κ2) is 11.8. The summed E-state index contributed by atoms with van der Waals surface area (Å²) >= 11 is 1.08. The molecule has 1 heterocycles. The van der Waals surface area contributed by atoms with E-state index >= 15 is 0 Å². The van der Waals surface area contributed by atoms with Crippen molar-refractivity contribution >= 4 is 40.0 Å². The van der Waals surface area contributed by atoms with E-state index in [9.17, 15) is 22.8 Å². The van der Waals surface area contributed by atoms with E-state index in [0.717, 1.165) is 28.4 Å². The van der Waals surface area contributed by atoms with Gasteiger partial charge in [0, 0.05) is 29.7 Å². The van der Waals surface area contributed by atoms with Crippen LogP contribution in [-0.4, -0.2) is 54.8 Å². The molecule has 0 bridgehead atoms. The smallest absolute Gasteiger partial charge is 0.421 e. The molecule has 3 aromatic rings. The number of aromatic nitrogens is 1. The van der Waals surface area contributed by atoms with Gasteiger partial charge in [-0.1, -0.05) is 18.2 Å². The Morgan fingerprint density at radius 1 is 1.05 bits per heavy atom. The fourth-order valence-electron chi connectivity index (χ4n) is 3.25. The van der Waals surface area contributed by atoms with Gasteiger partial charge in [-0.05, 0) is 65.2 Å². The number of nitrogens with one attached hydrogen (secondary N) is 2. The van der Waals surface area contributed by atoms with E-state index in [1.807, 2.05) is 19.0 Å². The molecular formula is C26H30F3N5O3S. The van der Waals surface area contributed by atoms with Crippen LogP contribution >= 0.6 is 11.3 Å². The number of hydrogen-bond donors (Lipinski definition) is 2. The number of anilines is 3. The Balaban J connectivity index is 1.89. The monoisotopic (exact) mass is 549 g/mol. The normalized spacial score (nSPS) is 11.8. The molecule has 0 spiro atoms. The second-order valence-electron chi connectivity index (χ2n) is 9.64. The number of carbonyl (C=O) groups is 2. The summed E-state index contributed by atoms with van der Waals surface area (Å²) in [5.41, 5.74) is -0.164. The fourth-order valence-corrected chi connectivity index (χ4v) is 4.09. The van der Waals surface area contributed by atoms with E-state index in [0.29, 0.717) is 30.0 Å². The van der Waals surface area contributed by atoms with Crippen LogP contribution in [-0.2, 0) is 10.9 Å². The SMILES string of the molecule is CN(C)CCNC(=O)Nc1cccc(-c2csc(N(C(=O)OC(C)(C)C)c3cccc(C(F)(F)F)c3)n2)c1. The van der Waals surface area contributed by atoms with E-state index in [1.54, 1.807) is 50.4 Å². The van der Waals surface area contributed by atoms with Gasteiger partial charge in [0.25, 0.3) is 0 Å². The first-order valence-electron chi connectivity index (χ1n) is 11.7. The molecule has 0 aliphatic carbocycles. The van der Waals surface area contributed by atoms with Crippen molar-refractivity contribution in [3.8, 4) is 11.3 Å². The number of rotatable bonds is 7. The van der Waals surface area contributed by atoms with E-state index < -0.39 is 23.4 Å². The maximum Gasteiger partial charge on any atom is 0.421 e. The van der Waals surface area contributed by atoms with Crippen LogP contribution in [0.25, 0.3) is 11.3 Å². The number of carbonyl (C=O) groups excluding carboxylic acids is 2. The highest BCUT2D eigenvalue weighted by Gasteiger charge is 2.33. The molecule has 0 fully saturated rings. The molecular weight excluding hydrogens is 519 g/mol.